The van der Waals surface area contributed by atoms with E-state index < -0.39 is 0 Å². The predicted molar refractivity (Wildman–Crippen MR) is 51.1 cm³/mol. The summed E-state index contributed by atoms with van der Waals surface area (Å²) in [6.07, 6.45) is 0. The molecule has 0 amide bonds. The van der Waals surface area contributed by atoms with Crippen LogP contribution in [0, 0.1) is 0 Å². The van der Waals surface area contributed by atoms with Crippen LogP contribution < -0.4 is 4.74 Å². The Morgan fingerprint density at radius 1 is 1.25 bits per heavy atom. The summed E-state index contributed by atoms with van der Waals surface area (Å²) in [4.78, 5) is 4.09. The van der Waals surface area contributed by atoms with Crippen molar-refractivity contribution in [2.75, 3.05) is 14.2 Å². The SMILES string of the molecule is C/N=C(\C)c1ccc(OC)cc1. The van der Waals surface area contributed by atoms with E-state index in [9.17, 15) is 0 Å². The van der Waals surface area contributed by atoms with Gasteiger partial charge in [-0.15, -0.1) is 0 Å². The molecule has 64 valence electrons. The van der Waals surface area contributed by atoms with Gasteiger partial charge in [-0.3, -0.25) is 4.99 Å². The molecule has 0 saturated heterocycles. The maximum atomic E-state index is 5.04. The van der Waals surface area contributed by atoms with Crippen molar-refractivity contribution in [3.63, 3.8) is 0 Å². The molecule has 0 N–H and O–H groups in total. The molecule has 0 spiro atoms. The first-order valence-electron chi connectivity index (χ1n) is 3.85. The van der Waals surface area contributed by atoms with Crippen molar-refractivity contribution in [3.05, 3.63) is 29.8 Å². The quantitative estimate of drug-likeness (QED) is 0.612. The molecule has 0 aliphatic carbocycles. The van der Waals surface area contributed by atoms with Gasteiger partial charge < -0.3 is 4.74 Å². The van der Waals surface area contributed by atoms with Crippen molar-refractivity contribution in [2.24, 2.45) is 4.99 Å². The van der Waals surface area contributed by atoms with Crippen LogP contribution in [0.4, 0.5) is 0 Å². The van der Waals surface area contributed by atoms with Crippen LogP contribution in [0.2, 0.25) is 0 Å². The van der Waals surface area contributed by atoms with E-state index in [2.05, 4.69) is 4.99 Å². The first-order chi connectivity index (χ1) is 5.77. The highest BCUT2D eigenvalue weighted by molar-refractivity contribution is 5.98. The van der Waals surface area contributed by atoms with E-state index in [0.717, 1.165) is 17.0 Å². The van der Waals surface area contributed by atoms with Crippen LogP contribution in [0.25, 0.3) is 0 Å². The number of benzene rings is 1. The second-order valence-electron chi connectivity index (χ2n) is 2.54. The largest absolute Gasteiger partial charge is 0.497 e. The lowest BCUT2D eigenvalue weighted by molar-refractivity contribution is 0.415. The van der Waals surface area contributed by atoms with Gasteiger partial charge in [0.1, 0.15) is 5.75 Å². The molecule has 2 nitrogen and oxygen atoms in total. The van der Waals surface area contributed by atoms with Gasteiger partial charge in [0.15, 0.2) is 0 Å². The maximum absolute atomic E-state index is 5.04. The lowest BCUT2D eigenvalue weighted by atomic mass is 10.1. The van der Waals surface area contributed by atoms with Crippen LogP contribution in [0.1, 0.15) is 12.5 Å². The van der Waals surface area contributed by atoms with Gasteiger partial charge >= 0.3 is 0 Å². The average molecular weight is 163 g/mol. The highest BCUT2D eigenvalue weighted by atomic mass is 16.5. The third-order valence-corrected chi connectivity index (χ3v) is 1.84. The van der Waals surface area contributed by atoms with Crippen molar-refractivity contribution in [3.8, 4) is 5.75 Å². The Bertz CT molecular complexity index is 274. The second-order valence-corrected chi connectivity index (χ2v) is 2.54. The van der Waals surface area contributed by atoms with Gasteiger partial charge in [0.05, 0.1) is 7.11 Å². The molecule has 0 radical (unpaired) electrons. The smallest absolute Gasteiger partial charge is 0.118 e. The first kappa shape index (κ1) is 8.78. The van der Waals surface area contributed by atoms with Crippen molar-refractivity contribution < 1.29 is 4.74 Å². The molecule has 1 aromatic rings. The fraction of sp³-hybridized carbons (Fsp3) is 0.300. The van der Waals surface area contributed by atoms with Crippen molar-refractivity contribution >= 4 is 5.71 Å². The maximum Gasteiger partial charge on any atom is 0.118 e. The van der Waals surface area contributed by atoms with Gasteiger partial charge in [-0.25, -0.2) is 0 Å². The summed E-state index contributed by atoms with van der Waals surface area (Å²) >= 11 is 0. The molecule has 0 aliphatic rings. The average Bonchev–Trinajstić information content (AvgIpc) is 2.17. The second kappa shape index (κ2) is 3.90. The van der Waals surface area contributed by atoms with E-state index in [1.165, 1.54) is 0 Å². The highest BCUT2D eigenvalue weighted by Gasteiger charge is 1.95. The van der Waals surface area contributed by atoms with Gasteiger partial charge in [-0.2, -0.15) is 0 Å². The van der Waals surface area contributed by atoms with E-state index in [-0.39, 0.29) is 0 Å². The summed E-state index contributed by atoms with van der Waals surface area (Å²) in [7, 11) is 3.45. The molecule has 0 fully saturated rings. The summed E-state index contributed by atoms with van der Waals surface area (Å²) in [6, 6.07) is 7.87. The molecular formula is C10H13NO. The first-order valence-corrected chi connectivity index (χ1v) is 3.85. The molecule has 0 heterocycles. The number of methoxy groups -OCH3 is 1. The standard InChI is InChI=1S/C10H13NO/c1-8(11-2)9-4-6-10(12-3)7-5-9/h4-7H,1-3H3/b11-8+. The van der Waals surface area contributed by atoms with Gasteiger partial charge in [-0.1, -0.05) is 0 Å². The minimum Gasteiger partial charge on any atom is -0.497 e. The molecule has 0 aromatic heterocycles. The van der Waals surface area contributed by atoms with Crippen LogP contribution in [-0.4, -0.2) is 19.9 Å². The van der Waals surface area contributed by atoms with Gasteiger partial charge in [0, 0.05) is 12.8 Å². The van der Waals surface area contributed by atoms with Crippen molar-refractivity contribution in [1.82, 2.24) is 0 Å². The molecule has 1 aromatic carbocycles. The lowest BCUT2D eigenvalue weighted by Crippen LogP contribution is -1.93. The summed E-state index contributed by atoms with van der Waals surface area (Å²) in [6.45, 7) is 1.99. The number of ether oxygens (including phenoxy) is 1. The zero-order valence-electron chi connectivity index (χ0n) is 7.66. The molecule has 2 heteroatoms. The van der Waals surface area contributed by atoms with Crippen molar-refractivity contribution in [2.45, 2.75) is 6.92 Å². The Hall–Kier alpha value is -1.31. The Morgan fingerprint density at radius 3 is 2.25 bits per heavy atom. The van der Waals surface area contributed by atoms with Crippen LogP contribution in [0.5, 0.6) is 5.75 Å². The van der Waals surface area contributed by atoms with E-state index in [1.54, 1.807) is 14.2 Å². The Kier molecular flexibility index (Phi) is 2.86. The number of nitrogens with zero attached hydrogens (tertiary/aromatic N) is 1. The normalized spacial score (nSPS) is 11.4. The van der Waals surface area contributed by atoms with Crippen LogP contribution in [0.15, 0.2) is 29.3 Å². The zero-order chi connectivity index (χ0) is 8.97. The number of rotatable bonds is 2. The van der Waals surface area contributed by atoms with E-state index >= 15 is 0 Å². The fourth-order valence-corrected chi connectivity index (χ4v) is 0.961. The van der Waals surface area contributed by atoms with E-state index in [1.807, 2.05) is 31.2 Å². The molecule has 0 saturated carbocycles. The molecule has 0 bridgehead atoms. The number of aliphatic imine (C=N–C) groups is 1. The summed E-state index contributed by atoms with van der Waals surface area (Å²) in [5, 5.41) is 0. The van der Waals surface area contributed by atoms with Gasteiger partial charge in [-0.05, 0) is 36.8 Å². The lowest BCUT2D eigenvalue weighted by Gasteiger charge is -2.01. The molecule has 1 rings (SSSR count). The summed E-state index contributed by atoms with van der Waals surface area (Å²) in [5.41, 5.74) is 2.18. The third kappa shape index (κ3) is 1.84. The molecule has 0 unspecified atom stereocenters. The highest BCUT2D eigenvalue weighted by Crippen LogP contribution is 2.11. The van der Waals surface area contributed by atoms with E-state index in [4.69, 9.17) is 4.74 Å². The Morgan fingerprint density at radius 2 is 1.83 bits per heavy atom. The Labute approximate surface area is 72.9 Å². The summed E-state index contributed by atoms with van der Waals surface area (Å²) < 4.78 is 5.04. The van der Waals surface area contributed by atoms with Crippen molar-refractivity contribution in [1.29, 1.82) is 0 Å². The number of hydrogen-bond acceptors (Lipinski definition) is 2. The predicted octanol–water partition coefficient (Wildman–Crippen LogP) is 2.13. The minimum absolute atomic E-state index is 0.877. The van der Waals surface area contributed by atoms with Crippen LogP contribution >= 0.6 is 0 Å². The topological polar surface area (TPSA) is 21.6 Å². The monoisotopic (exact) mass is 163 g/mol. The van der Waals surface area contributed by atoms with Crippen LogP contribution in [0.3, 0.4) is 0 Å². The van der Waals surface area contributed by atoms with Crippen LogP contribution in [-0.2, 0) is 0 Å². The van der Waals surface area contributed by atoms with Gasteiger partial charge in [0.2, 0.25) is 0 Å². The molecule has 0 aliphatic heterocycles. The zero-order valence-corrected chi connectivity index (χ0v) is 7.66. The Balaban J connectivity index is 2.92. The minimum atomic E-state index is 0.877. The molecule has 12 heavy (non-hydrogen) atoms. The van der Waals surface area contributed by atoms with Gasteiger partial charge in [0.25, 0.3) is 0 Å². The molecule has 0 atom stereocenters. The summed E-state index contributed by atoms with van der Waals surface area (Å²) in [5.74, 6) is 0.877. The fourth-order valence-electron chi connectivity index (χ4n) is 0.961. The van der Waals surface area contributed by atoms with E-state index in [0.29, 0.717) is 0 Å². The molecular weight excluding hydrogens is 150 g/mol. The number of hydrogen-bond donors (Lipinski definition) is 0. The third-order valence-electron chi connectivity index (χ3n) is 1.84.